The zero-order valence-electron chi connectivity index (χ0n) is 9.60. The molecule has 2 heterocycles. The van der Waals surface area contributed by atoms with Crippen LogP contribution in [-0.2, 0) is 6.42 Å². The fourth-order valence-electron chi connectivity index (χ4n) is 1.86. The van der Waals surface area contributed by atoms with Gasteiger partial charge in [-0.05, 0) is 63.5 Å². The van der Waals surface area contributed by atoms with Gasteiger partial charge in [0, 0.05) is 9.90 Å². The summed E-state index contributed by atoms with van der Waals surface area (Å²) in [6.07, 6.45) is 1.02. The number of benzene rings is 1. The average molecular weight is 291 g/mol. The summed E-state index contributed by atoms with van der Waals surface area (Å²) in [5, 5.41) is 7.36. The second-order valence-corrected chi connectivity index (χ2v) is 6.26. The molecule has 0 unspecified atom stereocenters. The van der Waals surface area contributed by atoms with Crippen molar-refractivity contribution in [2.24, 2.45) is 0 Å². The Kier molecular flexibility index (Phi) is 3.50. The van der Waals surface area contributed by atoms with Gasteiger partial charge in [-0.3, -0.25) is 0 Å². The summed E-state index contributed by atoms with van der Waals surface area (Å²) in [6, 6.07) is 12.5. The Bertz CT molecular complexity index is 621. The molecule has 0 aliphatic heterocycles. The smallest absolute Gasteiger partial charge is 0.0406 e. The van der Waals surface area contributed by atoms with Crippen LogP contribution < -0.4 is 0 Å². The molecule has 0 atom stereocenters. The maximum absolute atomic E-state index is 5.90. The van der Waals surface area contributed by atoms with E-state index in [0.717, 1.165) is 11.4 Å². The predicted octanol–water partition coefficient (Wildman–Crippen LogP) is 5.72. The van der Waals surface area contributed by atoms with Crippen molar-refractivity contribution in [3.8, 4) is 10.4 Å². The maximum Gasteiger partial charge on any atom is 0.0406 e. The van der Waals surface area contributed by atoms with Crippen LogP contribution in [0.3, 0.4) is 0 Å². The molecule has 0 nitrogen and oxygen atoms in total. The molecule has 3 aromatic rings. The average Bonchev–Trinajstić information content (AvgIpc) is 3.02. The van der Waals surface area contributed by atoms with Gasteiger partial charge < -0.3 is 0 Å². The van der Waals surface area contributed by atoms with Gasteiger partial charge in [0.05, 0.1) is 0 Å². The molecule has 3 rings (SSSR count). The van der Waals surface area contributed by atoms with E-state index in [0.29, 0.717) is 0 Å². The van der Waals surface area contributed by atoms with Crippen LogP contribution in [0.4, 0.5) is 0 Å². The number of hydrogen-bond donors (Lipinski definition) is 0. The lowest BCUT2D eigenvalue weighted by Gasteiger charge is -1.97. The van der Waals surface area contributed by atoms with Crippen LogP contribution in [0.25, 0.3) is 10.4 Å². The van der Waals surface area contributed by atoms with Crippen LogP contribution in [0.15, 0.2) is 52.5 Å². The van der Waals surface area contributed by atoms with Crippen LogP contribution in [0.5, 0.6) is 0 Å². The minimum absolute atomic E-state index is 0.786. The molecule has 0 saturated heterocycles. The summed E-state index contributed by atoms with van der Waals surface area (Å²) < 4.78 is 0. The number of halogens is 1. The Balaban J connectivity index is 1.83. The van der Waals surface area contributed by atoms with Crippen molar-refractivity contribution in [2.75, 3.05) is 0 Å². The molecule has 1 aromatic carbocycles. The zero-order valence-corrected chi connectivity index (χ0v) is 12.0. The van der Waals surface area contributed by atoms with Crippen molar-refractivity contribution in [1.29, 1.82) is 0 Å². The van der Waals surface area contributed by atoms with Crippen molar-refractivity contribution in [1.82, 2.24) is 0 Å². The largest absolute Gasteiger partial charge is 0.152 e. The molecular weight excluding hydrogens is 280 g/mol. The molecule has 0 N–H and O–H groups in total. The highest BCUT2D eigenvalue weighted by atomic mass is 35.5. The van der Waals surface area contributed by atoms with Gasteiger partial charge in [-0.15, -0.1) is 11.3 Å². The second-order valence-electron chi connectivity index (χ2n) is 4.13. The third-order valence-corrected chi connectivity index (χ3v) is 4.78. The monoisotopic (exact) mass is 290 g/mol. The molecule has 3 heteroatoms. The first-order chi connectivity index (χ1) is 8.81. The summed E-state index contributed by atoms with van der Waals surface area (Å²) in [5.74, 6) is 0. The third kappa shape index (κ3) is 2.66. The molecule has 18 heavy (non-hydrogen) atoms. The first kappa shape index (κ1) is 12.0. The molecule has 0 saturated carbocycles. The normalized spacial score (nSPS) is 10.7. The van der Waals surface area contributed by atoms with E-state index in [2.05, 4.69) is 40.4 Å². The highest BCUT2D eigenvalue weighted by Gasteiger charge is 2.04. The fourth-order valence-corrected chi connectivity index (χ4v) is 3.58. The minimum atomic E-state index is 0.786. The van der Waals surface area contributed by atoms with E-state index in [1.165, 1.54) is 21.6 Å². The van der Waals surface area contributed by atoms with E-state index in [4.69, 9.17) is 11.6 Å². The summed E-state index contributed by atoms with van der Waals surface area (Å²) >= 11 is 9.45. The molecule has 2 aromatic heterocycles. The first-order valence-electron chi connectivity index (χ1n) is 5.66. The van der Waals surface area contributed by atoms with Gasteiger partial charge in [0.1, 0.15) is 0 Å². The van der Waals surface area contributed by atoms with E-state index in [1.54, 1.807) is 22.7 Å². The van der Waals surface area contributed by atoms with Crippen molar-refractivity contribution in [2.45, 2.75) is 6.42 Å². The molecule has 0 amide bonds. The Hall–Kier alpha value is -1.09. The number of thiophene rings is 2. The van der Waals surface area contributed by atoms with Crippen molar-refractivity contribution < 1.29 is 0 Å². The van der Waals surface area contributed by atoms with Crippen LogP contribution in [0.2, 0.25) is 5.02 Å². The quantitative estimate of drug-likeness (QED) is 0.578. The van der Waals surface area contributed by atoms with Gasteiger partial charge in [0.15, 0.2) is 0 Å². The minimum Gasteiger partial charge on any atom is -0.152 e. The van der Waals surface area contributed by atoms with Gasteiger partial charge in [0.2, 0.25) is 0 Å². The Morgan fingerprint density at radius 2 is 1.78 bits per heavy atom. The van der Waals surface area contributed by atoms with Crippen LogP contribution >= 0.6 is 34.3 Å². The Morgan fingerprint density at radius 3 is 2.50 bits per heavy atom. The number of hydrogen-bond acceptors (Lipinski definition) is 2. The molecule has 0 aliphatic rings. The fraction of sp³-hybridized carbons (Fsp3) is 0.0667. The SMILES string of the molecule is Clc1ccc(-c2cc(Cc3ccsc3)cs2)cc1. The maximum atomic E-state index is 5.90. The molecule has 0 aliphatic carbocycles. The van der Waals surface area contributed by atoms with E-state index >= 15 is 0 Å². The standard InChI is InChI=1S/C15H11ClS2/c16-14-3-1-13(2-4-14)15-8-12(10-18-15)7-11-5-6-17-9-11/h1-6,8-10H,7H2. The lowest BCUT2D eigenvalue weighted by atomic mass is 10.1. The van der Waals surface area contributed by atoms with Gasteiger partial charge >= 0.3 is 0 Å². The molecular formula is C15H11ClS2. The van der Waals surface area contributed by atoms with Crippen molar-refractivity contribution in [3.63, 3.8) is 0 Å². The van der Waals surface area contributed by atoms with E-state index in [1.807, 2.05) is 12.1 Å². The van der Waals surface area contributed by atoms with Crippen molar-refractivity contribution in [3.05, 3.63) is 68.7 Å². The molecule has 90 valence electrons. The van der Waals surface area contributed by atoms with Gasteiger partial charge in [0.25, 0.3) is 0 Å². The number of rotatable bonds is 3. The lowest BCUT2D eigenvalue weighted by molar-refractivity contribution is 1.23. The molecule has 0 radical (unpaired) electrons. The molecule has 0 bridgehead atoms. The molecule has 0 fully saturated rings. The topological polar surface area (TPSA) is 0 Å². The Morgan fingerprint density at radius 1 is 0.944 bits per heavy atom. The van der Waals surface area contributed by atoms with Gasteiger partial charge in [-0.1, -0.05) is 23.7 Å². The van der Waals surface area contributed by atoms with E-state index in [9.17, 15) is 0 Å². The van der Waals surface area contributed by atoms with Crippen LogP contribution in [0.1, 0.15) is 11.1 Å². The van der Waals surface area contributed by atoms with Crippen LogP contribution in [0, 0.1) is 0 Å². The van der Waals surface area contributed by atoms with Crippen LogP contribution in [-0.4, -0.2) is 0 Å². The van der Waals surface area contributed by atoms with Gasteiger partial charge in [-0.25, -0.2) is 0 Å². The summed E-state index contributed by atoms with van der Waals surface area (Å²) in [4.78, 5) is 1.30. The predicted molar refractivity (Wildman–Crippen MR) is 81.9 cm³/mol. The van der Waals surface area contributed by atoms with E-state index in [-0.39, 0.29) is 0 Å². The highest BCUT2D eigenvalue weighted by molar-refractivity contribution is 7.13. The zero-order chi connectivity index (χ0) is 12.4. The Labute approximate surface area is 119 Å². The summed E-state index contributed by atoms with van der Waals surface area (Å²) in [6.45, 7) is 0. The summed E-state index contributed by atoms with van der Waals surface area (Å²) in [5.41, 5.74) is 4.00. The van der Waals surface area contributed by atoms with Gasteiger partial charge in [-0.2, -0.15) is 11.3 Å². The highest BCUT2D eigenvalue weighted by Crippen LogP contribution is 2.29. The van der Waals surface area contributed by atoms with E-state index < -0.39 is 0 Å². The second kappa shape index (κ2) is 5.27. The summed E-state index contributed by atoms with van der Waals surface area (Å²) in [7, 11) is 0. The lowest BCUT2D eigenvalue weighted by Crippen LogP contribution is -1.80. The third-order valence-electron chi connectivity index (χ3n) is 2.77. The van der Waals surface area contributed by atoms with Crippen molar-refractivity contribution >= 4 is 34.3 Å². The first-order valence-corrected chi connectivity index (χ1v) is 7.86. The molecule has 0 spiro atoms.